The number of amides is 1. The minimum Gasteiger partial charge on any atom is -0.384 e. The Balaban J connectivity index is 2.03. The summed E-state index contributed by atoms with van der Waals surface area (Å²) < 4.78 is 25.8. The molecule has 1 heterocycles. The van der Waals surface area contributed by atoms with E-state index < -0.39 is 23.1 Å². The van der Waals surface area contributed by atoms with Crippen LogP contribution in [-0.4, -0.2) is 17.6 Å². The van der Waals surface area contributed by atoms with Crippen molar-refractivity contribution in [2.45, 2.75) is 12.5 Å². The van der Waals surface area contributed by atoms with Gasteiger partial charge in [-0.3, -0.25) is 4.79 Å². The maximum absolute atomic E-state index is 13.0. The molecule has 1 aromatic carbocycles. The zero-order valence-electron chi connectivity index (χ0n) is 10.7. The van der Waals surface area contributed by atoms with Crippen LogP contribution < -0.4 is 5.32 Å². The van der Waals surface area contributed by atoms with Crippen LogP contribution >= 0.6 is 11.3 Å². The van der Waals surface area contributed by atoms with Crippen LogP contribution in [0.1, 0.15) is 22.8 Å². The summed E-state index contributed by atoms with van der Waals surface area (Å²) in [5, 5.41) is 16.3. The van der Waals surface area contributed by atoms with Crippen molar-refractivity contribution in [2.24, 2.45) is 0 Å². The van der Waals surface area contributed by atoms with E-state index >= 15 is 0 Å². The molecule has 0 radical (unpaired) electrons. The van der Waals surface area contributed by atoms with Crippen LogP contribution in [0.3, 0.4) is 0 Å². The molecule has 1 atom stereocenters. The Labute approximate surface area is 118 Å². The van der Waals surface area contributed by atoms with Gasteiger partial charge in [0.15, 0.2) is 11.6 Å². The maximum atomic E-state index is 13.0. The lowest BCUT2D eigenvalue weighted by atomic mass is 9.99. The Kier molecular flexibility index (Phi) is 4.15. The molecule has 3 nitrogen and oxygen atoms in total. The highest BCUT2D eigenvalue weighted by Crippen LogP contribution is 2.22. The van der Waals surface area contributed by atoms with E-state index in [1.165, 1.54) is 17.4 Å². The molecule has 0 spiro atoms. The van der Waals surface area contributed by atoms with Gasteiger partial charge in [0.2, 0.25) is 0 Å². The first kappa shape index (κ1) is 14.6. The fourth-order valence-corrected chi connectivity index (χ4v) is 2.45. The molecular formula is C14H13F2NO2S. The summed E-state index contributed by atoms with van der Waals surface area (Å²) in [6.45, 7) is 1.54. The summed E-state index contributed by atoms with van der Waals surface area (Å²) in [5.74, 6) is -2.66. The van der Waals surface area contributed by atoms with Gasteiger partial charge in [-0.05, 0) is 47.5 Å². The predicted octanol–water partition coefficient (Wildman–Crippen LogP) is 2.66. The largest absolute Gasteiger partial charge is 0.384 e. The lowest BCUT2D eigenvalue weighted by Gasteiger charge is -2.22. The molecule has 0 aliphatic carbocycles. The van der Waals surface area contributed by atoms with Gasteiger partial charge in [-0.1, -0.05) is 0 Å². The number of carbonyl (C=O) groups excluding carboxylic acids is 1. The number of hydrogen-bond donors (Lipinski definition) is 2. The van der Waals surface area contributed by atoms with E-state index in [1.54, 1.807) is 18.4 Å². The number of halogens is 2. The third kappa shape index (κ3) is 3.20. The number of benzene rings is 1. The Bertz CT molecular complexity index is 612. The highest BCUT2D eigenvalue weighted by atomic mass is 32.1. The van der Waals surface area contributed by atoms with Crippen molar-refractivity contribution in [3.63, 3.8) is 0 Å². The van der Waals surface area contributed by atoms with Crippen LogP contribution in [0.15, 0.2) is 35.0 Å². The van der Waals surface area contributed by atoms with Crippen molar-refractivity contribution in [3.05, 3.63) is 57.8 Å². The fourth-order valence-electron chi connectivity index (χ4n) is 1.66. The van der Waals surface area contributed by atoms with Crippen molar-refractivity contribution < 1.29 is 18.7 Å². The summed E-state index contributed by atoms with van der Waals surface area (Å²) >= 11 is 1.44. The minimum absolute atomic E-state index is 0.00465. The van der Waals surface area contributed by atoms with Crippen molar-refractivity contribution >= 4 is 17.2 Å². The Morgan fingerprint density at radius 3 is 2.70 bits per heavy atom. The molecule has 1 aromatic heterocycles. The molecule has 20 heavy (non-hydrogen) atoms. The van der Waals surface area contributed by atoms with Gasteiger partial charge in [0.25, 0.3) is 5.91 Å². The summed E-state index contributed by atoms with van der Waals surface area (Å²) in [6.07, 6.45) is 0. The molecule has 6 heteroatoms. The van der Waals surface area contributed by atoms with Gasteiger partial charge < -0.3 is 10.4 Å². The average molecular weight is 297 g/mol. The molecule has 2 rings (SSSR count). The highest BCUT2D eigenvalue weighted by Gasteiger charge is 2.24. The van der Waals surface area contributed by atoms with Crippen LogP contribution in [0.5, 0.6) is 0 Å². The molecule has 0 saturated carbocycles. The van der Waals surface area contributed by atoms with Crippen LogP contribution in [0.2, 0.25) is 0 Å². The lowest BCUT2D eigenvalue weighted by Crippen LogP contribution is -2.38. The number of carbonyl (C=O) groups is 1. The van der Waals surface area contributed by atoms with Crippen LogP contribution in [0.4, 0.5) is 8.78 Å². The zero-order valence-corrected chi connectivity index (χ0v) is 11.5. The van der Waals surface area contributed by atoms with E-state index in [9.17, 15) is 18.7 Å². The van der Waals surface area contributed by atoms with Gasteiger partial charge in [0.1, 0.15) is 5.60 Å². The van der Waals surface area contributed by atoms with Gasteiger partial charge in [0.05, 0.1) is 6.54 Å². The second-order valence-corrected chi connectivity index (χ2v) is 5.38. The Hall–Kier alpha value is -1.79. The van der Waals surface area contributed by atoms with Crippen LogP contribution in [0, 0.1) is 11.6 Å². The van der Waals surface area contributed by atoms with E-state index in [0.29, 0.717) is 5.56 Å². The molecule has 2 aromatic rings. The number of thiophene rings is 1. The molecule has 106 valence electrons. The monoisotopic (exact) mass is 297 g/mol. The standard InChI is InChI=1S/C14H13F2NO2S/c1-14(19,10-4-5-20-7-10)8-17-13(18)9-2-3-11(15)12(16)6-9/h2-7,19H,8H2,1H3,(H,17,18)/t14-/m1/s1. The summed E-state index contributed by atoms with van der Waals surface area (Å²) in [7, 11) is 0. The van der Waals surface area contributed by atoms with Gasteiger partial charge in [-0.2, -0.15) is 11.3 Å². The third-order valence-corrected chi connectivity index (χ3v) is 3.60. The number of hydrogen-bond acceptors (Lipinski definition) is 3. The van der Waals surface area contributed by atoms with E-state index in [2.05, 4.69) is 5.32 Å². The highest BCUT2D eigenvalue weighted by molar-refractivity contribution is 7.08. The van der Waals surface area contributed by atoms with Gasteiger partial charge >= 0.3 is 0 Å². The molecule has 0 aliphatic rings. The number of rotatable bonds is 4. The zero-order chi connectivity index (χ0) is 14.8. The second-order valence-electron chi connectivity index (χ2n) is 4.60. The second kappa shape index (κ2) is 5.68. The summed E-state index contributed by atoms with van der Waals surface area (Å²) in [5.41, 5.74) is -0.521. The molecule has 0 unspecified atom stereocenters. The van der Waals surface area contributed by atoms with Gasteiger partial charge in [0, 0.05) is 5.56 Å². The maximum Gasteiger partial charge on any atom is 0.251 e. The van der Waals surface area contributed by atoms with Crippen molar-refractivity contribution in [2.75, 3.05) is 6.54 Å². The topological polar surface area (TPSA) is 49.3 Å². The SMILES string of the molecule is C[C@@](O)(CNC(=O)c1ccc(F)c(F)c1)c1ccsc1. The molecule has 1 amide bonds. The van der Waals surface area contributed by atoms with E-state index in [1.807, 2.05) is 5.38 Å². The minimum atomic E-state index is -1.21. The normalized spacial score (nSPS) is 13.8. The van der Waals surface area contributed by atoms with Crippen molar-refractivity contribution in [3.8, 4) is 0 Å². The van der Waals surface area contributed by atoms with Crippen LogP contribution in [0.25, 0.3) is 0 Å². The molecular weight excluding hydrogens is 284 g/mol. The average Bonchev–Trinajstić information content (AvgIpc) is 2.94. The predicted molar refractivity (Wildman–Crippen MR) is 72.6 cm³/mol. The first-order chi connectivity index (χ1) is 9.40. The Morgan fingerprint density at radius 2 is 2.10 bits per heavy atom. The first-order valence-corrected chi connectivity index (χ1v) is 6.83. The number of aliphatic hydroxyl groups is 1. The first-order valence-electron chi connectivity index (χ1n) is 5.88. The van der Waals surface area contributed by atoms with E-state index in [0.717, 1.165) is 12.1 Å². The quantitative estimate of drug-likeness (QED) is 0.911. The fraction of sp³-hybridized carbons (Fsp3) is 0.214. The molecule has 0 bridgehead atoms. The molecule has 0 aliphatic heterocycles. The van der Waals surface area contributed by atoms with Crippen molar-refractivity contribution in [1.29, 1.82) is 0 Å². The molecule has 0 saturated heterocycles. The smallest absolute Gasteiger partial charge is 0.251 e. The van der Waals surface area contributed by atoms with E-state index in [-0.39, 0.29) is 12.1 Å². The van der Waals surface area contributed by atoms with Crippen molar-refractivity contribution in [1.82, 2.24) is 5.32 Å². The van der Waals surface area contributed by atoms with E-state index in [4.69, 9.17) is 0 Å². The van der Waals surface area contributed by atoms with Crippen LogP contribution in [-0.2, 0) is 5.60 Å². The van der Waals surface area contributed by atoms with Gasteiger partial charge in [-0.15, -0.1) is 0 Å². The third-order valence-electron chi connectivity index (χ3n) is 2.92. The lowest BCUT2D eigenvalue weighted by molar-refractivity contribution is 0.0530. The molecule has 0 fully saturated rings. The summed E-state index contributed by atoms with van der Waals surface area (Å²) in [4.78, 5) is 11.8. The van der Waals surface area contributed by atoms with Gasteiger partial charge in [-0.25, -0.2) is 8.78 Å². The Morgan fingerprint density at radius 1 is 1.35 bits per heavy atom. The molecule has 2 N–H and O–H groups in total. The number of nitrogens with one attached hydrogen (secondary N) is 1. The summed E-state index contributed by atoms with van der Waals surface area (Å²) in [6, 6.07) is 4.66.